The second-order valence-corrected chi connectivity index (χ2v) is 13.6. The summed E-state index contributed by atoms with van der Waals surface area (Å²) < 4.78 is 25.1. The van der Waals surface area contributed by atoms with E-state index in [1.54, 1.807) is 6.92 Å². The van der Waals surface area contributed by atoms with Crippen LogP contribution in [0, 0.1) is 34.5 Å². The van der Waals surface area contributed by atoms with E-state index in [9.17, 15) is 29.4 Å². The van der Waals surface area contributed by atoms with Crippen molar-refractivity contribution < 1.29 is 48.3 Å². The molecule has 0 radical (unpaired) electrons. The van der Waals surface area contributed by atoms with Gasteiger partial charge in [0.2, 0.25) is 5.79 Å². The number of carbonyl (C=O) groups is 4. The zero-order chi connectivity index (χ0) is 26.8. The highest BCUT2D eigenvalue weighted by Gasteiger charge is 2.93. The first kappa shape index (κ1) is 23.7. The highest BCUT2D eigenvalue weighted by molar-refractivity contribution is 5.99. The number of ketones is 2. The minimum absolute atomic E-state index is 0.00959. The van der Waals surface area contributed by atoms with Gasteiger partial charge in [0.1, 0.15) is 11.9 Å². The molecule has 2 N–H and O–H groups in total. The fourth-order valence-electron chi connectivity index (χ4n) is 10.3. The Morgan fingerprint density at radius 1 is 1.05 bits per heavy atom. The minimum Gasteiger partial charge on any atom is -0.458 e. The van der Waals surface area contributed by atoms with Crippen molar-refractivity contribution in [1.82, 2.24) is 0 Å². The molecule has 5 heterocycles. The van der Waals surface area contributed by atoms with Gasteiger partial charge in [-0.05, 0) is 57.3 Å². The van der Waals surface area contributed by atoms with E-state index in [0.29, 0.717) is 12.8 Å². The maximum absolute atomic E-state index is 14.9. The molecule has 10 nitrogen and oxygen atoms in total. The summed E-state index contributed by atoms with van der Waals surface area (Å²) in [7, 11) is 0. The highest BCUT2D eigenvalue weighted by atomic mass is 16.8. The molecule has 204 valence electrons. The van der Waals surface area contributed by atoms with Gasteiger partial charge in [-0.3, -0.25) is 14.4 Å². The second kappa shape index (κ2) is 6.43. The van der Waals surface area contributed by atoms with E-state index in [4.69, 9.17) is 18.9 Å². The topological polar surface area (TPSA) is 146 Å². The lowest BCUT2D eigenvalue weighted by Crippen LogP contribution is -2.79. The molecule has 5 bridgehead atoms. The normalized spacial score (nSPS) is 59.7. The van der Waals surface area contributed by atoms with Crippen molar-refractivity contribution >= 4 is 23.5 Å². The smallest absolute Gasteiger partial charge is 0.342 e. The van der Waals surface area contributed by atoms with Crippen LogP contribution in [0.5, 0.6) is 0 Å². The van der Waals surface area contributed by atoms with Crippen molar-refractivity contribution in [2.24, 2.45) is 34.5 Å². The molecule has 5 aliphatic heterocycles. The number of hydrogen-bond donors (Lipinski definition) is 2. The molecular formula is C28H32O10. The Bertz CT molecular complexity index is 1290. The molecule has 0 amide bonds. The third-order valence-electron chi connectivity index (χ3n) is 12.3. The first-order chi connectivity index (χ1) is 17.8. The van der Waals surface area contributed by atoms with E-state index in [2.05, 4.69) is 0 Å². The number of carbonyl (C=O) groups excluding carboxylic acids is 4. The Hall–Kier alpha value is -2.14. The third kappa shape index (κ3) is 2.07. The van der Waals surface area contributed by atoms with Crippen LogP contribution in [0.3, 0.4) is 0 Å². The van der Waals surface area contributed by atoms with Crippen molar-refractivity contribution in [2.45, 2.75) is 94.1 Å². The summed E-state index contributed by atoms with van der Waals surface area (Å²) in [5.41, 5.74) is -6.81. The molecule has 0 unspecified atom stereocenters. The Kier molecular flexibility index (Phi) is 4.01. The van der Waals surface area contributed by atoms with Crippen LogP contribution in [-0.2, 0) is 38.1 Å². The fraction of sp³-hybridized carbons (Fsp3) is 0.786. The van der Waals surface area contributed by atoms with Crippen LogP contribution in [0.4, 0.5) is 0 Å². The van der Waals surface area contributed by atoms with Gasteiger partial charge >= 0.3 is 11.9 Å². The van der Waals surface area contributed by atoms with E-state index < -0.39 is 81.2 Å². The number of rotatable bonds is 0. The van der Waals surface area contributed by atoms with Gasteiger partial charge in [0, 0.05) is 12.3 Å². The number of aliphatic hydroxyl groups is 2. The second-order valence-electron chi connectivity index (χ2n) is 13.6. The number of esters is 2. The Labute approximate surface area is 219 Å². The van der Waals surface area contributed by atoms with Crippen molar-refractivity contribution in [3.05, 3.63) is 11.6 Å². The fourth-order valence-corrected chi connectivity index (χ4v) is 10.3. The minimum atomic E-state index is -2.21. The van der Waals surface area contributed by atoms with Crippen molar-refractivity contribution in [3.8, 4) is 0 Å². The van der Waals surface area contributed by atoms with Crippen molar-refractivity contribution in [1.29, 1.82) is 0 Å². The summed E-state index contributed by atoms with van der Waals surface area (Å²) in [4.78, 5) is 55.4. The van der Waals surface area contributed by atoms with Gasteiger partial charge in [-0.2, -0.15) is 0 Å². The van der Waals surface area contributed by atoms with Crippen LogP contribution in [0.25, 0.3) is 0 Å². The van der Waals surface area contributed by atoms with Gasteiger partial charge in [0.25, 0.3) is 0 Å². The lowest BCUT2D eigenvalue weighted by Gasteiger charge is -2.63. The molecule has 2 spiro atoms. The summed E-state index contributed by atoms with van der Waals surface area (Å²) in [5, 5.41) is 22.8. The molecule has 0 aromatic carbocycles. The van der Waals surface area contributed by atoms with Gasteiger partial charge in [0.05, 0.1) is 30.0 Å². The predicted octanol–water partition coefficient (Wildman–Crippen LogP) is 0.752. The lowest BCUT2D eigenvalue weighted by atomic mass is 9.46. The Morgan fingerprint density at radius 3 is 2.58 bits per heavy atom. The average molecular weight is 529 g/mol. The van der Waals surface area contributed by atoms with Crippen LogP contribution < -0.4 is 0 Å². The van der Waals surface area contributed by atoms with Crippen molar-refractivity contribution in [2.75, 3.05) is 6.61 Å². The SMILES string of the molecule is C[C@]12C(=O)C[C@@H](O)CC1=CC[C@@H]1[C@@H]2CC[C@]2(O)C(=O)O[C@@]3(C)[C@H]4C[C@]5(C)[C@@H](CO[C@@]16O[C@@]32[C@H]5C6=O)C(=O)O4. The van der Waals surface area contributed by atoms with Crippen LogP contribution in [0.1, 0.15) is 59.3 Å². The molecule has 38 heavy (non-hydrogen) atoms. The van der Waals surface area contributed by atoms with Gasteiger partial charge in [-0.1, -0.05) is 18.6 Å². The maximum atomic E-state index is 14.9. The standard InChI is InChI=1S/C28H32O10/c1-23-10-18-25(3)28-19(23)20(31)27(38-28,35-11-16(23)21(32)36-18)15-5-4-12-8-13(29)9-17(30)24(12,2)14(15)6-7-26(28,34)22(33)37-25/h4,13-16,18-19,29,34H,5-11H2,1-3H3/t13-,14-,15+,16-,18+,19-,23+,24-,25-,26-,27+,28-/m0/s1. The molecule has 12 atom stereocenters. The number of Topliss-reactive ketones (excluding diaryl/α,β-unsaturated/α-hetero) is 2. The molecule has 10 heteroatoms. The van der Waals surface area contributed by atoms with E-state index in [1.165, 1.54) is 0 Å². The van der Waals surface area contributed by atoms with Gasteiger partial charge in [-0.15, -0.1) is 0 Å². The largest absolute Gasteiger partial charge is 0.458 e. The average Bonchev–Trinajstić information content (AvgIpc) is 3.16. The lowest BCUT2D eigenvalue weighted by molar-refractivity contribution is -0.374. The van der Waals surface area contributed by atoms with E-state index in [0.717, 1.165) is 5.57 Å². The molecule has 5 saturated heterocycles. The zero-order valence-corrected chi connectivity index (χ0v) is 21.7. The third-order valence-corrected chi connectivity index (χ3v) is 12.3. The maximum Gasteiger partial charge on any atom is 0.342 e. The number of fused-ring (bicyclic) bond motifs is 5. The van der Waals surface area contributed by atoms with E-state index in [1.807, 2.05) is 19.9 Å². The predicted molar refractivity (Wildman–Crippen MR) is 124 cm³/mol. The molecule has 8 rings (SSSR count). The summed E-state index contributed by atoms with van der Waals surface area (Å²) in [6.07, 6.45) is 1.42. The monoisotopic (exact) mass is 528 g/mol. The number of ether oxygens (including phenoxy) is 4. The van der Waals surface area contributed by atoms with Crippen molar-refractivity contribution in [3.63, 3.8) is 0 Å². The van der Waals surface area contributed by atoms with Gasteiger partial charge < -0.3 is 29.2 Å². The van der Waals surface area contributed by atoms with Crippen LogP contribution in [-0.4, -0.2) is 75.1 Å². The molecular weight excluding hydrogens is 496 g/mol. The molecule has 0 aromatic heterocycles. The Balaban J connectivity index is 1.41. The summed E-state index contributed by atoms with van der Waals surface area (Å²) >= 11 is 0. The summed E-state index contributed by atoms with van der Waals surface area (Å²) in [5.74, 6) is -6.74. The van der Waals surface area contributed by atoms with Crippen LogP contribution >= 0.6 is 0 Å². The highest BCUT2D eigenvalue weighted by Crippen LogP contribution is 2.75. The summed E-state index contributed by atoms with van der Waals surface area (Å²) in [6, 6.07) is 0. The molecule has 2 saturated carbocycles. The first-order valence-corrected chi connectivity index (χ1v) is 13.8. The molecule has 7 fully saturated rings. The van der Waals surface area contributed by atoms with Crippen LogP contribution in [0.2, 0.25) is 0 Å². The van der Waals surface area contributed by atoms with Crippen LogP contribution in [0.15, 0.2) is 11.6 Å². The zero-order valence-electron chi connectivity index (χ0n) is 21.7. The van der Waals surface area contributed by atoms with Gasteiger partial charge in [-0.25, -0.2) is 4.79 Å². The Morgan fingerprint density at radius 2 is 1.82 bits per heavy atom. The number of hydrogen-bond acceptors (Lipinski definition) is 10. The van der Waals surface area contributed by atoms with Gasteiger partial charge in [0.15, 0.2) is 22.6 Å². The first-order valence-electron chi connectivity index (χ1n) is 13.8. The summed E-state index contributed by atoms with van der Waals surface area (Å²) in [6.45, 7) is 5.18. The van der Waals surface area contributed by atoms with E-state index >= 15 is 0 Å². The number of aliphatic hydroxyl groups excluding tert-OH is 1. The molecule has 3 aliphatic carbocycles. The number of allylic oxidation sites excluding steroid dienone is 1. The van der Waals surface area contributed by atoms with E-state index in [-0.39, 0.29) is 43.9 Å². The quantitative estimate of drug-likeness (QED) is 0.341. The molecule has 8 aliphatic rings. The molecule has 0 aromatic rings.